The third kappa shape index (κ3) is 3.68. The molecule has 28 heavy (non-hydrogen) atoms. The number of aromatic nitrogens is 4. The van der Waals surface area contributed by atoms with Gasteiger partial charge in [0.25, 0.3) is 11.7 Å². The Kier molecular flexibility index (Phi) is 4.97. The number of rotatable bonds is 6. The van der Waals surface area contributed by atoms with Gasteiger partial charge < -0.3 is 10.1 Å². The van der Waals surface area contributed by atoms with Gasteiger partial charge in [-0.25, -0.2) is 4.98 Å². The summed E-state index contributed by atoms with van der Waals surface area (Å²) in [5, 5.41) is 11.2. The van der Waals surface area contributed by atoms with E-state index in [1.54, 1.807) is 25.4 Å². The van der Waals surface area contributed by atoms with Crippen LogP contribution in [0.2, 0.25) is 0 Å². The van der Waals surface area contributed by atoms with Crippen molar-refractivity contribution in [1.29, 1.82) is 0 Å². The number of fused-ring (bicyclic) bond motifs is 1. The molecule has 140 valence electrons. The number of benzene rings is 2. The van der Waals surface area contributed by atoms with E-state index in [-0.39, 0.29) is 5.91 Å². The number of nitrogens with zero attached hydrogens (tertiary/aromatic N) is 4. The number of ether oxygens (including phenoxy) is 1. The number of hydrogen-bond acceptors (Lipinski definition) is 5. The quantitative estimate of drug-likeness (QED) is 0.562. The minimum absolute atomic E-state index is 0.104. The van der Waals surface area contributed by atoms with Crippen LogP contribution in [0, 0.1) is 0 Å². The third-order valence-corrected chi connectivity index (χ3v) is 4.45. The van der Waals surface area contributed by atoms with Crippen molar-refractivity contribution >= 4 is 11.7 Å². The van der Waals surface area contributed by atoms with Crippen LogP contribution in [0.1, 0.15) is 15.9 Å². The summed E-state index contributed by atoms with van der Waals surface area (Å²) in [7, 11) is 1.64. The molecule has 0 saturated heterocycles. The lowest BCUT2D eigenvalue weighted by Crippen LogP contribution is -2.25. The molecule has 0 radical (unpaired) electrons. The van der Waals surface area contributed by atoms with Crippen LogP contribution in [0.25, 0.3) is 17.2 Å². The largest absolute Gasteiger partial charge is 0.497 e. The highest BCUT2D eigenvalue weighted by Crippen LogP contribution is 2.18. The van der Waals surface area contributed by atoms with Crippen molar-refractivity contribution in [3.05, 3.63) is 78.1 Å². The van der Waals surface area contributed by atoms with E-state index in [0.717, 1.165) is 23.3 Å². The maximum absolute atomic E-state index is 12.4. The number of amides is 1. The normalized spacial score (nSPS) is 10.8. The molecule has 0 saturated carbocycles. The molecule has 1 N–H and O–H groups in total. The Bertz CT molecular complexity index is 1090. The number of methoxy groups -OCH3 is 1. The number of nitrogens with one attached hydrogen (secondary N) is 1. The Morgan fingerprint density at radius 3 is 2.61 bits per heavy atom. The van der Waals surface area contributed by atoms with Crippen molar-refractivity contribution < 1.29 is 9.53 Å². The van der Waals surface area contributed by atoms with Crippen LogP contribution >= 0.6 is 0 Å². The molecule has 2 aromatic carbocycles. The summed E-state index contributed by atoms with van der Waals surface area (Å²) in [5.74, 6) is 1.95. The maximum Gasteiger partial charge on any atom is 0.255 e. The summed E-state index contributed by atoms with van der Waals surface area (Å²) < 4.78 is 6.96. The predicted octanol–water partition coefficient (Wildman–Crippen LogP) is 2.77. The molecule has 0 aliphatic rings. The molecule has 0 aliphatic heterocycles. The Balaban J connectivity index is 1.38. The molecule has 4 aromatic rings. The summed E-state index contributed by atoms with van der Waals surface area (Å²) >= 11 is 0. The molecule has 0 atom stereocenters. The van der Waals surface area contributed by atoms with Crippen LogP contribution in [0.5, 0.6) is 5.75 Å². The van der Waals surface area contributed by atoms with Gasteiger partial charge >= 0.3 is 0 Å². The molecule has 0 bridgehead atoms. The van der Waals surface area contributed by atoms with Gasteiger partial charge in [-0.1, -0.05) is 24.3 Å². The third-order valence-electron chi connectivity index (χ3n) is 4.45. The van der Waals surface area contributed by atoms with Gasteiger partial charge in [-0.3, -0.25) is 9.20 Å². The first-order valence-corrected chi connectivity index (χ1v) is 8.92. The smallest absolute Gasteiger partial charge is 0.255 e. The van der Waals surface area contributed by atoms with E-state index in [1.807, 2.05) is 53.1 Å². The van der Waals surface area contributed by atoms with Gasteiger partial charge in [0.15, 0.2) is 5.82 Å². The molecule has 0 spiro atoms. The Hall–Kier alpha value is -3.74. The maximum atomic E-state index is 12.4. The van der Waals surface area contributed by atoms with Gasteiger partial charge in [0, 0.05) is 30.1 Å². The van der Waals surface area contributed by atoms with E-state index >= 15 is 0 Å². The lowest BCUT2D eigenvalue weighted by atomic mass is 10.1. The summed E-state index contributed by atoms with van der Waals surface area (Å²) in [6, 6.07) is 17.0. The fourth-order valence-electron chi connectivity index (χ4n) is 2.92. The van der Waals surface area contributed by atoms with E-state index in [4.69, 9.17) is 4.74 Å². The second kappa shape index (κ2) is 7.87. The van der Waals surface area contributed by atoms with Crippen LogP contribution in [-0.4, -0.2) is 39.1 Å². The lowest BCUT2D eigenvalue weighted by Gasteiger charge is -2.07. The Morgan fingerprint density at radius 1 is 1.07 bits per heavy atom. The average Bonchev–Trinajstić information content (AvgIpc) is 3.18. The van der Waals surface area contributed by atoms with Crippen molar-refractivity contribution in [3.63, 3.8) is 0 Å². The number of carbonyl (C=O) groups excluding carboxylic acids is 1. The first-order valence-electron chi connectivity index (χ1n) is 8.92. The van der Waals surface area contributed by atoms with Crippen molar-refractivity contribution in [2.75, 3.05) is 13.7 Å². The van der Waals surface area contributed by atoms with Crippen LogP contribution in [0.3, 0.4) is 0 Å². The Labute approximate surface area is 162 Å². The first kappa shape index (κ1) is 17.7. The minimum Gasteiger partial charge on any atom is -0.497 e. The molecule has 7 nitrogen and oxygen atoms in total. The minimum atomic E-state index is -0.104. The van der Waals surface area contributed by atoms with E-state index in [9.17, 15) is 4.79 Å². The van der Waals surface area contributed by atoms with Crippen molar-refractivity contribution in [2.24, 2.45) is 0 Å². The number of carbonyl (C=O) groups is 1. The van der Waals surface area contributed by atoms with Gasteiger partial charge in [-0.05, 0) is 42.3 Å². The fourth-order valence-corrected chi connectivity index (χ4v) is 2.92. The standard InChI is InChI=1S/C21H19N5O2/c1-28-18-9-3-15(4-10-18)11-13-22-20(27)17-7-5-16(6-8-17)19-24-25-21-23-12-2-14-26(19)21/h2-10,12,14H,11,13H2,1H3,(H,22,27). The van der Waals surface area contributed by atoms with Gasteiger partial charge in [0.1, 0.15) is 5.75 Å². The Morgan fingerprint density at radius 2 is 1.86 bits per heavy atom. The molecule has 1 amide bonds. The van der Waals surface area contributed by atoms with E-state index in [1.165, 1.54) is 0 Å². The molecule has 0 fully saturated rings. The van der Waals surface area contributed by atoms with E-state index in [0.29, 0.717) is 23.7 Å². The highest BCUT2D eigenvalue weighted by Gasteiger charge is 2.10. The second-order valence-corrected chi connectivity index (χ2v) is 6.24. The molecule has 2 aromatic heterocycles. The zero-order chi connectivity index (χ0) is 19.3. The zero-order valence-corrected chi connectivity index (χ0v) is 15.4. The van der Waals surface area contributed by atoms with Gasteiger partial charge in [0.05, 0.1) is 7.11 Å². The molecule has 4 rings (SSSR count). The summed E-state index contributed by atoms with van der Waals surface area (Å²) in [6.07, 6.45) is 4.29. The highest BCUT2D eigenvalue weighted by molar-refractivity contribution is 5.94. The molecule has 7 heteroatoms. The predicted molar refractivity (Wildman–Crippen MR) is 105 cm³/mol. The van der Waals surface area contributed by atoms with Gasteiger partial charge in [-0.2, -0.15) is 0 Å². The summed E-state index contributed by atoms with van der Waals surface area (Å²) in [4.78, 5) is 16.5. The van der Waals surface area contributed by atoms with Crippen molar-refractivity contribution in [3.8, 4) is 17.1 Å². The summed E-state index contributed by atoms with van der Waals surface area (Å²) in [6.45, 7) is 0.563. The zero-order valence-electron chi connectivity index (χ0n) is 15.4. The topological polar surface area (TPSA) is 81.4 Å². The highest BCUT2D eigenvalue weighted by atomic mass is 16.5. The van der Waals surface area contributed by atoms with Crippen LogP contribution in [-0.2, 0) is 6.42 Å². The SMILES string of the molecule is COc1ccc(CCNC(=O)c2ccc(-c3nnc4ncccn34)cc2)cc1. The molecule has 2 heterocycles. The summed E-state index contributed by atoms with van der Waals surface area (Å²) in [5.41, 5.74) is 2.62. The number of hydrogen-bond donors (Lipinski definition) is 1. The van der Waals surface area contributed by atoms with Crippen LogP contribution in [0.15, 0.2) is 67.0 Å². The monoisotopic (exact) mass is 373 g/mol. The molecule has 0 aliphatic carbocycles. The average molecular weight is 373 g/mol. The van der Waals surface area contributed by atoms with Gasteiger partial charge in [0.2, 0.25) is 0 Å². The molecular formula is C21H19N5O2. The van der Waals surface area contributed by atoms with Crippen molar-refractivity contribution in [1.82, 2.24) is 24.9 Å². The van der Waals surface area contributed by atoms with Crippen molar-refractivity contribution in [2.45, 2.75) is 6.42 Å². The van der Waals surface area contributed by atoms with E-state index in [2.05, 4.69) is 20.5 Å². The van der Waals surface area contributed by atoms with Gasteiger partial charge in [-0.15, -0.1) is 10.2 Å². The molecule has 0 unspecified atom stereocenters. The van der Waals surface area contributed by atoms with Crippen LogP contribution < -0.4 is 10.1 Å². The molecular weight excluding hydrogens is 354 g/mol. The lowest BCUT2D eigenvalue weighted by molar-refractivity contribution is 0.0954. The van der Waals surface area contributed by atoms with Crippen LogP contribution in [0.4, 0.5) is 0 Å². The fraction of sp³-hybridized carbons (Fsp3) is 0.143. The second-order valence-electron chi connectivity index (χ2n) is 6.24. The first-order chi connectivity index (χ1) is 13.7. The van der Waals surface area contributed by atoms with E-state index < -0.39 is 0 Å².